The first-order valence-corrected chi connectivity index (χ1v) is 7.30. The van der Waals surface area contributed by atoms with Gasteiger partial charge in [-0.2, -0.15) is 5.10 Å². The Kier molecular flexibility index (Phi) is 3.17. The standard InChI is InChI=1S/C16H14N8/c17-15-14(12-6-5-10-3-1-2-4-11(10)9-12)16(18,24-22-15)23-21-13-7-8-19-20-13/h1-9H,17-18H2,(H,19,20). The summed E-state index contributed by atoms with van der Waals surface area (Å²) in [5.41, 5.74) is 13.6. The zero-order valence-corrected chi connectivity index (χ0v) is 12.6. The fourth-order valence-electron chi connectivity index (χ4n) is 2.63. The summed E-state index contributed by atoms with van der Waals surface area (Å²) in [6.07, 6.45) is 1.64. The summed E-state index contributed by atoms with van der Waals surface area (Å²) in [5, 5.41) is 24.8. The Balaban J connectivity index is 1.77. The first kappa shape index (κ1) is 14.2. The number of aromatic nitrogens is 2. The molecule has 24 heavy (non-hydrogen) atoms. The second-order valence-corrected chi connectivity index (χ2v) is 5.38. The lowest BCUT2D eigenvalue weighted by Gasteiger charge is -2.17. The Morgan fingerprint density at radius 2 is 1.88 bits per heavy atom. The van der Waals surface area contributed by atoms with Gasteiger partial charge in [0, 0.05) is 12.3 Å². The number of hydrogen-bond donors (Lipinski definition) is 3. The van der Waals surface area contributed by atoms with E-state index in [2.05, 4.69) is 30.7 Å². The van der Waals surface area contributed by atoms with Crippen LogP contribution in [0.15, 0.2) is 81.0 Å². The number of azo groups is 2. The van der Waals surface area contributed by atoms with Gasteiger partial charge < -0.3 is 5.73 Å². The van der Waals surface area contributed by atoms with Gasteiger partial charge in [-0.05, 0) is 22.4 Å². The van der Waals surface area contributed by atoms with E-state index in [1.54, 1.807) is 12.3 Å². The van der Waals surface area contributed by atoms with Crippen LogP contribution in [0.2, 0.25) is 0 Å². The van der Waals surface area contributed by atoms with Crippen LogP contribution in [0.5, 0.6) is 0 Å². The van der Waals surface area contributed by atoms with Crippen LogP contribution >= 0.6 is 0 Å². The summed E-state index contributed by atoms with van der Waals surface area (Å²) < 4.78 is 0. The van der Waals surface area contributed by atoms with Crippen LogP contribution in [0.4, 0.5) is 5.82 Å². The molecule has 1 aliphatic rings. The maximum absolute atomic E-state index is 6.29. The van der Waals surface area contributed by atoms with E-state index in [0.29, 0.717) is 11.4 Å². The van der Waals surface area contributed by atoms with Crippen molar-refractivity contribution in [1.82, 2.24) is 10.2 Å². The molecule has 1 unspecified atom stereocenters. The van der Waals surface area contributed by atoms with E-state index in [1.807, 2.05) is 42.5 Å². The quantitative estimate of drug-likeness (QED) is 0.641. The highest BCUT2D eigenvalue weighted by Gasteiger charge is 2.38. The van der Waals surface area contributed by atoms with Crippen LogP contribution in [0.25, 0.3) is 16.3 Å². The maximum Gasteiger partial charge on any atom is 0.271 e. The van der Waals surface area contributed by atoms with Gasteiger partial charge in [-0.15, -0.1) is 20.5 Å². The summed E-state index contributed by atoms with van der Waals surface area (Å²) in [4.78, 5) is 0. The smallest absolute Gasteiger partial charge is 0.271 e. The van der Waals surface area contributed by atoms with Crippen LogP contribution in [0.1, 0.15) is 5.56 Å². The second-order valence-electron chi connectivity index (χ2n) is 5.38. The molecular formula is C16H14N8. The first-order valence-electron chi connectivity index (χ1n) is 7.30. The first-order chi connectivity index (χ1) is 11.7. The van der Waals surface area contributed by atoms with Crippen molar-refractivity contribution in [2.75, 3.05) is 0 Å². The number of nitrogens with one attached hydrogen (secondary N) is 1. The number of aromatic amines is 1. The van der Waals surface area contributed by atoms with E-state index >= 15 is 0 Å². The van der Waals surface area contributed by atoms with E-state index in [-0.39, 0.29) is 5.82 Å². The average molecular weight is 318 g/mol. The van der Waals surface area contributed by atoms with Crippen molar-refractivity contribution in [3.05, 3.63) is 66.1 Å². The molecule has 5 N–H and O–H groups in total. The third kappa shape index (κ3) is 2.34. The molecule has 4 rings (SSSR count). The normalized spacial score (nSPS) is 20.5. The molecule has 118 valence electrons. The Labute approximate surface area is 137 Å². The predicted octanol–water partition coefficient (Wildman–Crippen LogP) is 3.05. The highest BCUT2D eigenvalue weighted by Crippen LogP contribution is 2.37. The summed E-state index contributed by atoms with van der Waals surface area (Å²) in [6, 6.07) is 15.6. The third-order valence-corrected chi connectivity index (χ3v) is 3.76. The molecule has 0 saturated heterocycles. The second kappa shape index (κ2) is 5.36. The molecule has 2 heterocycles. The van der Waals surface area contributed by atoms with E-state index in [4.69, 9.17) is 11.5 Å². The van der Waals surface area contributed by atoms with Gasteiger partial charge in [-0.25, -0.2) is 0 Å². The molecule has 0 bridgehead atoms. The number of nitrogens with two attached hydrogens (primary N) is 2. The summed E-state index contributed by atoms with van der Waals surface area (Å²) in [7, 11) is 0. The lowest BCUT2D eigenvalue weighted by Crippen LogP contribution is -2.35. The molecule has 3 aromatic rings. The topological polar surface area (TPSA) is 130 Å². The molecule has 1 aliphatic heterocycles. The highest BCUT2D eigenvalue weighted by molar-refractivity contribution is 5.88. The van der Waals surface area contributed by atoms with E-state index in [9.17, 15) is 0 Å². The van der Waals surface area contributed by atoms with Gasteiger partial charge >= 0.3 is 0 Å². The van der Waals surface area contributed by atoms with Gasteiger partial charge in [0.2, 0.25) is 0 Å². The van der Waals surface area contributed by atoms with Crippen molar-refractivity contribution < 1.29 is 0 Å². The molecule has 1 atom stereocenters. The van der Waals surface area contributed by atoms with Crippen LogP contribution in [-0.2, 0) is 0 Å². The molecular weight excluding hydrogens is 304 g/mol. The number of rotatable bonds is 3. The zero-order valence-electron chi connectivity index (χ0n) is 12.6. The van der Waals surface area contributed by atoms with Crippen molar-refractivity contribution in [3.8, 4) is 0 Å². The van der Waals surface area contributed by atoms with E-state index in [1.165, 1.54) is 0 Å². The predicted molar refractivity (Wildman–Crippen MR) is 89.9 cm³/mol. The average Bonchev–Trinajstić information content (AvgIpc) is 3.21. The maximum atomic E-state index is 6.29. The van der Waals surface area contributed by atoms with Crippen LogP contribution in [0.3, 0.4) is 0 Å². The molecule has 2 aromatic carbocycles. The van der Waals surface area contributed by atoms with Crippen molar-refractivity contribution in [2.24, 2.45) is 31.9 Å². The van der Waals surface area contributed by atoms with Crippen LogP contribution in [-0.4, -0.2) is 16.0 Å². The number of hydrogen-bond acceptors (Lipinski definition) is 7. The van der Waals surface area contributed by atoms with Crippen molar-refractivity contribution in [2.45, 2.75) is 5.79 Å². The Morgan fingerprint density at radius 3 is 2.67 bits per heavy atom. The molecule has 0 radical (unpaired) electrons. The van der Waals surface area contributed by atoms with Crippen LogP contribution < -0.4 is 11.5 Å². The number of H-pyrrole nitrogens is 1. The number of nitrogens with zero attached hydrogens (tertiary/aromatic N) is 5. The minimum atomic E-state index is -1.47. The van der Waals surface area contributed by atoms with Crippen molar-refractivity contribution in [1.29, 1.82) is 0 Å². The molecule has 0 spiro atoms. The molecule has 1 aromatic heterocycles. The van der Waals surface area contributed by atoms with E-state index in [0.717, 1.165) is 16.3 Å². The minimum Gasteiger partial charge on any atom is -0.382 e. The number of fused-ring (bicyclic) bond motifs is 1. The zero-order chi connectivity index (χ0) is 16.6. The Hall–Kier alpha value is -3.39. The van der Waals surface area contributed by atoms with Gasteiger partial charge in [0.1, 0.15) is 0 Å². The molecule has 0 saturated carbocycles. The fourth-order valence-corrected chi connectivity index (χ4v) is 2.63. The monoisotopic (exact) mass is 318 g/mol. The largest absolute Gasteiger partial charge is 0.382 e. The van der Waals surface area contributed by atoms with E-state index < -0.39 is 5.79 Å². The van der Waals surface area contributed by atoms with Crippen molar-refractivity contribution >= 4 is 22.2 Å². The van der Waals surface area contributed by atoms with Gasteiger partial charge in [-0.3, -0.25) is 10.8 Å². The van der Waals surface area contributed by atoms with Gasteiger partial charge in [0.15, 0.2) is 11.6 Å². The minimum absolute atomic E-state index is 0.230. The summed E-state index contributed by atoms with van der Waals surface area (Å²) in [5.74, 6) is -0.835. The lowest BCUT2D eigenvalue weighted by molar-refractivity contribution is 0.564. The molecule has 0 amide bonds. The summed E-state index contributed by atoms with van der Waals surface area (Å²) >= 11 is 0. The van der Waals surface area contributed by atoms with Gasteiger partial charge in [0.25, 0.3) is 5.79 Å². The van der Waals surface area contributed by atoms with Gasteiger partial charge in [-0.1, -0.05) is 36.4 Å². The molecule has 0 aliphatic carbocycles. The lowest BCUT2D eigenvalue weighted by atomic mass is 9.97. The SMILES string of the molecule is NC1=C(c2ccc3ccccc3c2)C(N)(N=Nc2cc[nH]n2)N=N1. The molecule has 8 heteroatoms. The Bertz CT molecular complexity index is 986. The van der Waals surface area contributed by atoms with Gasteiger partial charge in [0.05, 0.1) is 5.57 Å². The molecule has 0 fully saturated rings. The summed E-state index contributed by atoms with van der Waals surface area (Å²) in [6.45, 7) is 0. The third-order valence-electron chi connectivity index (χ3n) is 3.76. The Morgan fingerprint density at radius 1 is 1.04 bits per heavy atom. The highest BCUT2D eigenvalue weighted by atomic mass is 15.4. The van der Waals surface area contributed by atoms with Crippen LogP contribution in [0, 0.1) is 0 Å². The fraction of sp³-hybridized carbons (Fsp3) is 0.0625. The van der Waals surface area contributed by atoms with Crippen molar-refractivity contribution in [3.63, 3.8) is 0 Å². The number of benzene rings is 2. The molecule has 8 nitrogen and oxygen atoms in total.